The van der Waals surface area contributed by atoms with Crippen molar-refractivity contribution in [3.63, 3.8) is 0 Å². The van der Waals surface area contributed by atoms with Crippen LogP contribution in [-0.4, -0.2) is 17.5 Å². The smallest absolute Gasteiger partial charge is 2.00 e. The molecule has 9 heavy (non-hydrogen) atoms. The molecule has 0 unspecified atom stereocenters. The molecule has 0 radical (unpaired) electrons. The van der Waals surface area contributed by atoms with Gasteiger partial charge in [-0.15, -0.1) is 0 Å². The van der Waals surface area contributed by atoms with Crippen molar-refractivity contribution in [2.75, 3.05) is 0 Å². The van der Waals surface area contributed by atoms with Crippen molar-refractivity contribution in [1.29, 1.82) is 0 Å². The van der Waals surface area contributed by atoms with Gasteiger partial charge < -0.3 is 9.11 Å². The maximum absolute atomic E-state index is 8.52. The molecule has 0 aliphatic heterocycles. The average Bonchev–Trinajstić information content (AvgIpc) is 1.27. The van der Waals surface area contributed by atoms with Gasteiger partial charge in [0.15, 0.2) is 0 Å². The third kappa shape index (κ3) is 218. The summed E-state index contributed by atoms with van der Waals surface area (Å²) in [4.78, 5) is 0. The summed E-state index contributed by atoms with van der Waals surface area (Å²) in [6, 6.07) is 0. The molecule has 0 fully saturated rings. The maximum atomic E-state index is 8.52. The van der Waals surface area contributed by atoms with Gasteiger partial charge in [0.25, 0.3) is 0 Å². The summed E-state index contributed by atoms with van der Waals surface area (Å²) in [5, 5.41) is 0. The zero-order chi connectivity index (χ0) is 7.21. The number of hydrogen-bond donors (Lipinski definition) is 0. The number of hydrogen-bond acceptors (Lipinski definition) is 4. The van der Waals surface area contributed by atoms with Gasteiger partial charge >= 0.3 is 52.8 Å². The first kappa shape index (κ1) is 16.9. The summed E-state index contributed by atoms with van der Waals surface area (Å²) in [5.41, 5.74) is 0. The second-order valence-corrected chi connectivity index (χ2v) is 2.82. The molecule has 0 spiro atoms. The minimum absolute atomic E-state index is 0. The van der Waals surface area contributed by atoms with E-state index in [4.69, 9.17) is 17.5 Å². The van der Waals surface area contributed by atoms with E-state index < -0.39 is 10.4 Å². The first-order chi connectivity index (χ1) is 3.41. The summed E-state index contributed by atoms with van der Waals surface area (Å²) in [5.74, 6) is 0. The van der Waals surface area contributed by atoms with Gasteiger partial charge in [-0.3, -0.25) is 8.42 Å². The standard InChI is InChI=1S/2ClH.Cu.H2O4S.Zn/c;;;1-5(2,3)4;/h2*1H;;(H2,1,2,3,4);/q;;+2;;+2/p-4. The second-order valence-electron chi connectivity index (χ2n) is 0.451. The zero-order valence-corrected chi connectivity index (χ0v) is 10.0. The Bertz CT molecular complexity index is 113. The topological polar surface area (TPSA) is 80.3 Å². The van der Waals surface area contributed by atoms with E-state index in [2.05, 4.69) is 20.2 Å². The SMILES string of the molecule is O=S(=O)([O-])[O-].[Cl][Cu][Cl].[Zn+2]. The summed E-state index contributed by atoms with van der Waals surface area (Å²) in [7, 11) is 4.17. The van der Waals surface area contributed by atoms with Gasteiger partial charge in [0.2, 0.25) is 0 Å². The Balaban J connectivity index is -0.0000000800. The van der Waals surface area contributed by atoms with Crippen molar-refractivity contribution < 1.29 is 50.1 Å². The van der Waals surface area contributed by atoms with Crippen molar-refractivity contribution in [3.8, 4) is 0 Å². The molecule has 0 bridgehead atoms. The Morgan fingerprint density at radius 2 is 1.22 bits per heavy atom. The quantitative estimate of drug-likeness (QED) is 0.359. The Morgan fingerprint density at radius 1 is 1.22 bits per heavy atom. The van der Waals surface area contributed by atoms with Gasteiger partial charge in [-0.1, -0.05) is 0 Å². The van der Waals surface area contributed by atoms with E-state index in [9.17, 15) is 0 Å². The van der Waals surface area contributed by atoms with Crippen LogP contribution in [0.5, 0.6) is 0 Å². The fourth-order valence-corrected chi connectivity index (χ4v) is 0. The number of rotatable bonds is 0. The van der Waals surface area contributed by atoms with Crippen LogP contribution < -0.4 is 0 Å². The van der Waals surface area contributed by atoms with Crippen LogP contribution in [0.1, 0.15) is 0 Å². The van der Waals surface area contributed by atoms with Crippen LogP contribution in [0.3, 0.4) is 0 Å². The molecular formula is Cl2CuO4SZn. The Kier molecular flexibility index (Phi) is 18.0. The summed E-state index contributed by atoms with van der Waals surface area (Å²) in [6.07, 6.45) is 0. The third-order valence-corrected chi connectivity index (χ3v) is 0. The van der Waals surface area contributed by atoms with Crippen LogP contribution in [0.15, 0.2) is 0 Å². The molecule has 0 aromatic carbocycles. The van der Waals surface area contributed by atoms with E-state index in [1.54, 1.807) is 0 Å². The van der Waals surface area contributed by atoms with Crippen LogP contribution in [0.2, 0.25) is 0 Å². The Labute approximate surface area is 80.2 Å². The van der Waals surface area contributed by atoms with E-state index in [0.717, 1.165) is 13.1 Å². The van der Waals surface area contributed by atoms with E-state index in [-0.39, 0.29) is 19.5 Å². The van der Waals surface area contributed by atoms with E-state index in [1.165, 1.54) is 0 Å². The van der Waals surface area contributed by atoms with Gasteiger partial charge in [0, 0.05) is 10.4 Å². The molecule has 0 aliphatic carbocycles. The van der Waals surface area contributed by atoms with E-state index in [1.807, 2.05) is 0 Å². The van der Waals surface area contributed by atoms with Crippen molar-refractivity contribution in [2.24, 2.45) is 0 Å². The van der Waals surface area contributed by atoms with Gasteiger partial charge in [-0.05, 0) is 0 Å². The van der Waals surface area contributed by atoms with Gasteiger partial charge in [0.1, 0.15) is 0 Å². The van der Waals surface area contributed by atoms with Crippen molar-refractivity contribution >= 4 is 30.6 Å². The fourth-order valence-electron chi connectivity index (χ4n) is 0. The molecule has 0 saturated heterocycles. The average molecular weight is 296 g/mol. The minimum atomic E-state index is -5.17. The predicted octanol–water partition coefficient (Wildman–Crippen LogP) is 0.0360. The molecule has 0 atom stereocenters. The number of halogens is 2. The molecular weight excluding hydrogens is 296 g/mol. The largest absolute Gasteiger partial charge is 2.00 e. The summed E-state index contributed by atoms with van der Waals surface area (Å²) >= 11 is 0.757. The molecule has 0 aliphatic rings. The van der Waals surface area contributed by atoms with Crippen LogP contribution in [0, 0.1) is 0 Å². The molecule has 0 heterocycles. The van der Waals surface area contributed by atoms with Crippen molar-refractivity contribution in [1.82, 2.24) is 0 Å². The maximum Gasteiger partial charge on any atom is 2.00 e. The van der Waals surface area contributed by atoms with Crippen LogP contribution in [0.25, 0.3) is 0 Å². The monoisotopic (exact) mass is 293 g/mol. The second kappa shape index (κ2) is 9.59. The van der Waals surface area contributed by atoms with Crippen molar-refractivity contribution in [2.45, 2.75) is 0 Å². The first-order valence-electron chi connectivity index (χ1n) is 0.895. The molecule has 0 N–H and O–H groups in total. The van der Waals surface area contributed by atoms with Gasteiger partial charge in [-0.2, -0.15) is 0 Å². The summed E-state index contributed by atoms with van der Waals surface area (Å²) < 4.78 is 34.1. The molecule has 0 aromatic rings. The minimum Gasteiger partial charge on any atom is 2.00 e. The summed E-state index contributed by atoms with van der Waals surface area (Å²) in [6.45, 7) is 0. The van der Waals surface area contributed by atoms with Crippen LogP contribution >= 0.6 is 20.2 Å². The van der Waals surface area contributed by atoms with Gasteiger partial charge in [0.05, 0.1) is 0 Å². The predicted molar refractivity (Wildman–Crippen MR) is 22.2 cm³/mol. The molecule has 9 heteroatoms. The molecule has 0 saturated carbocycles. The Hall–Kier alpha value is 1.59. The van der Waals surface area contributed by atoms with E-state index in [0.29, 0.717) is 0 Å². The van der Waals surface area contributed by atoms with Crippen molar-refractivity contribution in [3.05, 3.63) is 0 Å². The van der Waals surface area contributed by atoms with Crippen LogP contribution in [0.4, 0.5) is 0 Å². The van der Waals surface area contributed by atoms with Crippen LogP contribution in [-0.2, 0) is 43.0 Å². The zero-order valence-electron chi connectivity index (χ0n) is 3.81. The molecule has 57 valence electrons. The molecule has 0 aromatic heterocycles. The fraction of sp³-hybridized carbons (Fsp3) is 0. The molecule has 4 nitrogen and oxygen atoms in total. The molecule has 0 amide bonds. The molecule has 0 rings (SSSR count). The normalized spacial score (nSPS) is 8.89. The Morgan fingerprint density at radius 3 is 1.22 bits per heavy atom. The van der Waals surface area contributed by atoms with E-state index >= 15 is 0 Å². The first-order valence-corrected chi connectivity index (χ1v) is 4.82. The third-order valence-electron chi connectivity index (χ3n) is 0. The van der Waals surface area contributed by atoms with Gasteiger partial charge in [-0.25, -0.2) is 0 Å².